The maximum atomic E-state index is 12.1. The van der Waals surface area contributed by atoms with Crippen LogP contribution in [-0.4, -0.2) is 14.8 Å². The van der Waals surface area contributed by atoms with E-state index in [-0.39, 0.29) is 5.63 Å². The second-order valence-corrected chi connectivity index (χ2v) is 9.35. The molecule has 0 spiro atoms. The normalized spacial score (nSPS) is 11.6. The van der Waals surface area contributed by atoms with E-state index in [1.54, 1.807) is 35.5 Å². The molecule has 0 atom stereocenters. The third-order valence-corrected chi connectivity index (χ3v) is 6.92. The zero-order valence-corrected chi connectivity index (χ0v) is 18.3. The molecule has 150 valence electrons. The number of thiophene rings is 1. The van der Waals surface area contributed by atoms with E-state index in [0.29, 0.717) is 17.3 Å². The van der Waals surface area contributed by atoms with E-state index < -0.39 is 0 Å². The van der Waals surface area contributed by atoms with Crippen molar-refractivity contribution in [1.82, 2.24) is 14.8 Å². The first-order valence-electron chi connectivity index (χ1n) is 9.61. The van der Waals surface area contributed by atoms with Crippen molar-refractivity contribution in [1.29, 1.82) is 0 Å². The monoisotopic (exact) mass is 425 g/mol. The Kier molecular flexibility index (Phi) is 5.87. The molecule has 0 bridgehead atoms. The highest BCUT2D eigenvalue weighted by Gasteiger charge is 2.13. The molecule has 0 aliphatic carbocycles. The van der Waals surface area contributed by atoms with Crippen LogP contribution in [-0.2, 0) is 18.7 Å². The highest BCUT2D eigenvalue weighted by Crippen LogP contribution is 2.30. The summed E-state index contributed by atoms with van der Waals surface area (Å²) < 4.78 is 7.53. The number of thioether (sulfide) groups is 1. The van der Waals surface area contributed by atoms with Crippen LogP contribution in [0.15, 0.2) is 56.4 Å². The molecule has 0 unspecified atom stereocenters. The molecule has 0 saturated carbocycles. The van der Waals surface area contributed by atoms with Crippen LogP contribution in [0.25, 0.3) is 11.0 Å². The fourth-order valence-electron chi connectivity index (χ4n) is 3.47. The van der Waals surface area contributed by atoms with Crippen molar-refractivity contribution in [2.24, 2.45) is 0 Å². The Morgan fingerprint density at radius 1 is 1.28 bits per heavy atom. The molecule has 3 heterocycles. The first-order valence-corrected chi connectivity index (χ1v) is 11.5. The van der Waals surface area contributed by atoms with Gasteiger partial charge in [0, 0.05) is 28.6 Å². The average Bonchev–Trinajstić information content (AvgIpc) is 3.35. The summed E-state index contributed by atoms with van der Waals surface area (Å²) in [5.41, 5.74) is 3.72. The van der Waals surface area contributed by atoms with Gasteiger partial charge < -0.3 is 8.98 Å². The summed E-state index contributed by atoms with van der Waals surface area (Å²) in [6.07, 6.45) is 2.73. The van der Waals surface area contributed by atoms with Gasteiger partial charge in [-0.3, -0.25) is 0 Å². The lowest BCUT2D eigenvalue weighted by Crippen LogP contribution is -2.03. The summed E-state index contributed by atoms with van der Waals surface area (Å²) in [6.45, 7) is 7.26. The Bertz CT molecular complexity index is 1180. The standard InChI is InChI=1S/C22H23N3O2S2/c1-14(2)18-11-19-16(10-21(26)27-20(19)9-15(18)3)12-29-22-24-23-13-25(22)7-6-17-5-4-8-28-17/h4-5,8-11,13-14H,6-7,12H2,1-3H3. The molecule has 0 N–H and O–H groups in total. The summed E-state index contributed by atoms with van der Waals surface area (Å²) in [5, 5.41) is 12.3. The van der Waals surface area contributed by atoms with Crippen molar-refractivity contribution in [2.75, 3.05) is 0 Å². The molecule has 0 fully saturated rings. The van der Waals surface area contributed by atoms with E-state index in [1.165, 1.54) is 10.4 Å². The number of aryl methyl sites for hydroxylation is 3. The molecule has 0 radical (unpaired) electrons. The zero-order valence-electron chi connectivity index (χ0n) is 16.7. The van der Waals surface area contributed by atoms with Crippen molar-refractivity contribution in [3.05, 3.63) is 74.0 Å². The van der Waals surface area contributed by atoms with Crippen molar-refractivity contribution >= 4 is 34.1 Å². The summed E-state index contributed by atoms with van der Waals surface area (Å²) in [5.74, 6) is 1.05. The number of aromatic nitrogens is 3. The van der Waals surface area contributed by atoms with Crippen molar-refractivity contribution in [3.8, 4) is 0 Å². The molecular weight excluding hydrogens is 402 g/mol. The SMILES string of the molecule is Cc1cc2oc(=O)cc(CSc3nncn3CCc3cccs3)c2cc1C(C)C. The third-order valence-electron chi connectivity index (χ3n) is 4.95. The van der Waals surface area contributed by atoms with Gasteiger partial charge in [0.1, 0.15) is 11.9 Å². The Morgan fingerprint density at radius 3 is 2.90 bits per heavy atom. The first-order chi connectivity index (χ1) is 14.0. The lowest BCUT2D eigenvalue weighted by Gasteiger charge is -2.13. The van der Waals surface area contributed by atoms with E-state index in [0.717, 1.165) is 34.6 Å². The van der Waals surface area contributed by atoms with Crippen LogP contribution in [0.3, 0.4) is 0 Å². The molecular formula is C22H23N3O2S2. The van der Waals surface area contributed by atoms with Crippen molar-refractivity contribution in [3.63, 3.8) is 0 Å². The fourth-order valence-corrected chi connectivity index (χ4v) is 5.10. The predicted octanol–water partition coefficient (Wildman–Crippen LogP) is 5.41. The minimum absolute atomic E-state index is 0.316. The molecule has 3 aromatic heterocycles. The highest BCUT2D eigenvalue weighted by atomic mass is 32.2. The molecule has 0 saturated heterocycles. The largest absolute Gasteiger partial charge is 0.423 e. The van der Waals surface area contributed by atoms with Gasteiger partial charge >= 0.3 is 5.63 Å². The van der Waals surface area contributed by atoms with Gasteiger partial charge in [-0.25, -0.2) is 4.79 Å². The van der Waals surface area contributed by atoms with E-state index in [4.69, 9.17) is 4.42 Å². The van der Waals surface area contributed by atoms with Crippen LogP contribution in [0.2, 0.25) is 0 Å². The number of nitrogens with zero attached hydrogens (tertiary/aromatic N) is 3. The molecule has 0 amide bonds. The Hall–Kier alpha value is -2.38. The van der Waals surface area contributed by atoms with Crippen LogP contribution in [0.4, 0.5) is 0 Å². The zero-order chi connectivity index (χ0) is 20.4. The number of rotatable bonds is 7. The van der Waals surface area contributed by atoms with E-state index >= 15 is 0 Å². The Morgan fingerprint density at radius 2 is 2.14 bits per heavy atom. The molecule has 0 aliphatic heterocycles. The quantitative estimate of drug-likeness (QED) is 0.292. The highest BCUT2D eigenvalue weighted by molar-refractivity contribution is 7.98. The number of benzene rings is 1. The van der Waals surface area contributed by atoms with Crippen LogP contribution >= 0.6 is 23.1 Å². The molecule has 4 rings (SSSR count). The minimum Gasteiger partial charge on any atom is -0.423 e. The van der Waals surface area contributed by atoms with Gasteiger partial charge in [-0.15, -0.1) is 21.5 Å². The van der Waals surface area contributed by atoms with Gasteiger partial charge in [0.2, 0.25) is 0 Å². The van der Waals surface area contributed by atoms with Crippen LogP contribution in [0.5, 0.6) is 0 Å². The molecule has 7 heteroatoms. The molecule has 0 aliphatic rings. The Balaban J connectivity index is 1.58. The van der Waals surface area contributed by atoms with Gasteiger partial charge in [0.05, 0.1) is 0 Å². The summed E-state index contributed by atoms with van der Waals surface area (Å²) >= 11 is 3.36. The summed E-state index contributed by atoms with van der Waals surface area (Å²) in [4.78, 5) is 13.4. The van der Waals surface area contributed by atoms with Crippen LogP contribution < -0.4 is 5.63 Å². The van der Waals surface area contributed by atoms with Gasteiger partial charge in [-0.2, -0.15) is 0 Å². The van der Waals surface area contributed by atoms with E-state index in [2.05, 4.69) is 59.1 Å². The van der Waals surface area contributed by atoms with Crippen molar-refractivity contribution < 1.29 is 4.42 Å². The lowest BCUT2D eigenvalue weighted by atomic mass is 9.95. The fraction of sp³-hybridized carbons (Fsp3) is 0.318. The predicted molar refractivity (Wildman–Crippen MR) is 119 cm³/mol. The molecule has 4 aromatic rings. The molecule has 1 aromatic carbocycles. The first kappa shape index (κ1) is 19.9. The second-order valence-electron chi connectivity index (χ2n) is 7.38. The van der Waals surface area contributed by atoms with Gasteiger partial charge in [-0.05, 0) is 59.5 Å². The topological polar surface area (TPSA) is 60.9 Å². The van der Waals surface area contributed by atoms with E-state index in [1.807, 2.05) is 6.07 Å². The lowest BCUT2D eigenvalue weighted by molar-refractivity contribution is 0.559. The summed E-state index contributed by atoms with van der Waals surface area (Å²) in [7, 11) is 0. The van der Waals surface area contributed by atoms with Crippen LogP contribution in [0, 0.1) is 6.92 Å². The third kappa shape index (κ3) is 4.46. The number of fused-ring (bicyclic) bond motifs is 1. The maximum absolute atomic E-state index is 12.1. The van der Waals surface area contributed by atoms with Gasteiger partial charge in [-0.1, -0.05) is 31.7 Å². The number of hydrogen-bond acceptors (Lipinski definition) is 6. The molecule has 29 heavy (non-hydrogen) atoms. The van der Waals surface area contributed by atoms with Gasteiger partial charge in [0.15, 0.2) is 5.16 Å². The molecule has 5 nitrogen and oxygen atoms in total. The maximum Gasteiger partial charge on any atom is 0.336 e. The minimum atomic E-state index is -0.316. The van der Waals surface area contributed by atoms with Crippen LogP contribution in [0.1, 0.15) is 41.3 Å². The average molecular weight is 426 g/mol. The Labute approximate surface area is 177 Å². The second kappa shape index (κ2) is 8.55. The number of hydrogen-bond donors (Lipinski definition) is 0. The van der Waals surface area contributed by atoms with Crippen molar-refractivity contribution in [2.45, 2.75) is 50.6 Å². The van der Waals surface area contributed by atoms with Gasteiger partial charge in [0.25, 0.3) is 0 Å². The van der Waals surface area contributed by atoms with E-state index in [9.17, 15) is 4.79 Å². The summed E-state index contributed by atoms with van der Waals surface area (Å²) in [6, 6.07) is 9.95. The smallest absolute Gasteiger partial charge is 0.336 e.